The van der Waals surface area contributed by atoms with Gasteiger partial charge in [-0.05, 0) is 38.5 Å². The highest BCUT2D eigenvalue weighted by molar-refractivity contribution is 5.40. The van der Waals surface area contributed by atoms with Crippen molar-refractivity contribution in [3.05, 3.63) is 29.8 Å². The number of nitrogens with two attached hydrogens (primary N) is 1. The first-order valence-corrected chi connectivity index (χ1v) is 6.81. The Kier molecular flexibility index (Phi) is 4.25. The molecule has 1 heterocycles. The zero-order chi connectivity index (χ0) is 13.0. The quantitative estimate of drug-likeness (QED) is 0.886. The van der Waals surface area contributed by atoms with Gasteiger partial charge in [-0.2, -0.15) is 0 Å². The molecule has 1 aromatic rings. The summed E-state index contributed by atoms with van der Waals surface area (Å²) in [6, 6.07) is 8.32. The second kappa shape index (κ2) is 5.72. The normalized spacial score (nSPS) is 19.7. The van der Waals surface area contributed by atoms with Crippen LogP contribution in [0.15, 0.2) is 24.3 Å². The number of benzene rings is 1. The summed E-state index contributed by atoms with van der Waals surface area (Å²) in [4.78, 5) is 2.49. The Morgan fingerprint density at radius 2 is 1.94 bits per heavy atom. The first-order valence-electron chi connectivity index (χ1n) is 6.81. The lowest BCUT2D eigenvalue weighted by Crippen LogP contribution is -2.46. The van der Waals surface area contributed by atoms with Gasteiger partial charge >= 0.3 is 0 Å². The van der Waals surface area contributed by atoms with Crippen molar-refractivity contribution in [2.75, 3.05) is 33.3 Å². The van der Waals surface area contributed by atoms with Gasteiger partial charge < -0.3 is 15.4 Å². The van der Waals surface area contributed by atoms with Crippen LogP contribution in [0.4, 0.5) is 0 Å². The van der Waals surface area contributed by atoms with E-state index in [0.717, 1.165) is 38.2 Å². The van der Waals surface area contributed by atoms with Crippen LogP contribution in [0, 0.1) is 0 Å². The molecule has 18 heavy (non-hydrogen) atoms. The third-order valence-electron chi connectivity index (χ3n) is 4.33. The van der Waals surface area contributed by atoms with Crippen molar-refractivity contribution in [2.45, 2.75) is 25.2 Å². The minimum Gasteiger partial charge on any atom is -0.496 e. The Labute approximate surface area is 110 Å². The number of ether oxygens (including phenoxy) is 1. The van der Waals surface area contributed by atoms with Gasteiger partial charge in [-0.1, -0.05) is 25.1 Å². The second-order valence-corrected chi connectivity index (χ2v) is 5.12. The van der Waals surface area contributed by atoms with Crippen LogP contribution >= 0.6 is 0 Å². The largest absolute Gasteiger partial charge is 0.496 e. The van der Waals surface area contributed by atoms with E-state index in [2.05, 4.69) is 24.0 Å². The molecular formula is C15H24N2O. The Morgan fingerprint density at radius 1 is 1.28 bits per heavy atom. The van der Waals surface area contributed by atoms with Gasteiger partial charge in [0, 0.05) is 17.5 Å². The highest BCUT2D eigenvalue weighted by Gasteiger charge is 2.36. The maximum absolute atomic E-state index is 6.11. The fourth-order valence-electron chi connectivity index (χ4n) is 2.96. The minimum atomic E-state index is 0.0955. The minimum absolute atomic E-state index is 0.0955. The smallest absolute Gasteiger partial charge is 0.122 e. The summed E-state index contributed by atoms with van der Waals surface area (Å²) in [6.07, 6.45) is 2.25. The third kappa shape index (κ3) is 2.38. The van der Waals surface area contributed by atoms with Crippen LogP contribution in [0.2, 0.25) is 0 Å². The zero-order valence-electron chi connectivity index (χ0n) is 11.5. The molecule has 0 aromatic heterocycles. The van der Waals surface area contributed by atoms with E-state index in [-0.39, 0.29) is 5.41 Å². The number of likely N-dealkylation sites (tertiary alicyclic amines) is 1. The summed E-state index contributed by atoms with van der Waals surface area (Å²) >= 11 is 0. The molecule has 0 aliphatic carbocycles. The van der Waals surface area contributed by atoms with Crippen molar-refractivity contribution in [3.63, 3.8) is 0 Å². The molecule has 0 saturated carbocycles. The van der Waals surface area contributed by atoms with Crippen molar-refractivity contribution in [2.24, 2.45) is 5.73 Å². The van der Waals surface area contributed by atoms with E-state index in [9.17, 15) is 0 Å². The van der Waals surface area contributed by atoms with E-state index in [1.807, 2.05) is 12.1 Å². The van der Waals surface area contributed by atoms with Crippen LogP contribution in [-0.2, 0) is 5.41 Å². The van der Waals surface area contributed by atoms with Crippen LogP contribution in [0.3, 0.4) is 0 Å². The molecule has 1 aliphatic heterocycles. The van der Waals surface area contributed by atoms with Crippen molar-refractivity contribution in [3.8, 4) is 5.75 Å². The van der Waals surface area contributed by atoms with Gasteiger partial charge in [0.2, 0.25) is 0 Å². The number of piperidine rings is 1. The van der Waals surface area contributed by atoms with Crippen LogP contribution in [0.5, 0.6) is 5.75 Å². The summed E-state index contributed by atoms with van der Waals surface area (Å²) in [6.45, 7) is 6.31. The van der Waals surface area contributed by atoms with E-state index in [1.165, 1.54) is 5.56 Å². The third-order valence-corrected chi connectivity index (χ3v) is 4.33. The van der Waals surface area contributed by atoms with Crippen molar-refractivity contribution < 1.29 is 4.74 Å². The van der Waals surface area contributed by atoms with E-state index in [4.69, 9.17) is 10.5 Å². The van der Waals surface area contributed by atoms with Crippen LogP contribution in [0.1, 0.15) is 25.3 Å². The summed E-state index contributed by atoms with van der Waals surface area (Å²) in [5, 5.41) is 0. The maximum atomic E-state index is 6.11. The monoisotopic (exact) mass is 248 g/mol. The molecule has 1 aliphatic rings. The molecule has 2 rings (SSSR count). The van der Waals surface area contributed by atoms with Gasteiger partial charge in [-0.15, -0.1) is 0 Å². The number of nitrogens with zero attached hydrogens (tertiary/aromatic N) is 1. The number of methoxy groups -OCH3 is 1. The van der Waals surface area contributed by atoms with E-state index < -0.39 is 0 Å². The van der Waals surface area contributed by atoms with Crippen LogP contribution in [-0.4, -0.2) is 38.2 Å². The van der Waals surface area contributed by atoms with Crippen LogP contribution in [0.25, 0.3) is 0 Å². The Hall–Kier alpha value is -1.06. The predicted octanol–water partition coefficient (Wildman–Crippen LogP) is 2.01. The number of rotatable bonds is 4. The molecule has 0 spiro atoms. The standard InChI is InChI=1S/C15H24N2O/c1-3-17-10-8-15(12-16,9-11-17)13-6-4-5-7-14(13)18-2/h4-7H,3,8-12,16H2,1-2H3. The molecule has 0 amide bonds. The fraction of sp³-hybridized carbons (Fsp3) is 0.600. The highest BCUT2D eigenvalue weighted by atomic mass is 16.5. The van der Waals surface area contributed by atoms with Crippen molar-refractivity contribution >= 4 is 0 Å². The SMILES string of the molecule is CCN1CCC(CN)(c2ccccc2OC)CC1. The summed E-state index contributed by atoms with van der Waals surface area (Å²) < 4.78 is 5.51. The molecule has 0 unspecified atom stereocenters. The van der Waals surface area contributed by atoms with Gasteiger partial charge in [-0.3, -0.25) is 0 Å². The zero-order valence-corrected chi connectivity index (χ0v) is 11.5. The molecule has 100 valence electrons. The molecule has 3 heteroatoms. The molecule has 0 radical (unpaired) electrons. The Bertz CT molecular complexity index is 384. The fourth-order valence-corrected chi connectivity index (χ4v) is 2.96. The number of hydrogen-bond acceptors (Lipinski definition) is 3. The highest BCUT2D eigenvalue weighted by Crippen LogP contribution is 2.39. The molecule has 0 atom stereocenters. The second-order valence-electron chi connectivity index (χ2n) is 5.12. The number of hydrogen-bond donors (Lipinski definition) is 1. The molecule has 3 nitrogen and oxygen atoms in total. The lowest BCUT2D eigenvalue weighted by atomic mass is 9.72. The first-order chi connectivity index (χ1) is 8.75. The lowest BCUT2D eigenvalue weighted by Gasteiger charge is -2.41. The maximum Gasteiger partial charge on any atom is 0.122 e. The Balaban J connectivity index is 2.27. The van der Waals surface area contributed by atoms with E-state index in [1.54, 1.807) is 7.11 Å². The molecule has 1 aromatic carbocycles. The predicted molar refractivity (Wildman–Crippen MR) is 75.1 cm³/mol. The van der Waals surface area contributed by atoms with Crippen LogP contribution < -0.4 is 10.5 Å². The summed E-state index contributed by atoms with van der Waals surface area (Å²) in [7, 11) is 1.74. The van der Waals surface area contributed by atoms with E-state index in [0.29, 0.717) is 6.54 Å². The summed E-state index contributed by atoms with van der Waals surface area (Å²) in [5.41, 5.74) is 7.49. The summed E-state index contributed by atoms with van der Waals surface area (Å²) in [5.74, 6) is 0.980. The van der Waals surface area contributed by atoms with Gasteiger partial charge in [0.15, 0.2) is 0 Å². The van der Waals surface area contributed by atoms with Crippen molar-refractivity contribution in [1.82, 2.24) is 4.90 Å². The molecule has 0 bridgehead atoms. The van der Waals surface area contributed by atoms with Gasteiger partial charge in [0.05, 0.1) is 7.11 Å². The molecule has 1 fully saturated rings. The lowest BCUT2D eigenvalue weighted by molar-refractivity contribution is 0.166. The first kappa shape index (κ1) is 13.4. The average Bonchev–Trinajstić information content (AvgIpc) is 2.47. The van der Waals surface area contributed by atoms with Gasteiger partial charge in [0.25, 0.3) is 0 Å². The average molecular weight is 248 g/mol. The number of para-hydroxylation sites is 1. The van der Waals surface area contributed by atoms with Gasteiger partial charge in [-0.25, -0.2) is 0 Å². The van der Waals surface area contributed by atoms with E-state index >= 15 is 0 Å². The molecule has 1 saturated heterocycles. The topological polar surface area (TPSA) is 38.5 Å². The molecule has 2 N–H and O–H groups in total. The van der Waals surface area contributed by atoms with Crippen molar-refractivity contribution in [1.29, 1.82) is 0 Å². The Morgan fingerprint density at radius 3 is 2.50 bits per heavy atom. The molecular weight excluding hydrogens is 224 g/mol. The van der Waals surface area contributed by atoms with Gasteiger partial charge in [0.1, 0.15) is 5.75 Å².